The number of aryl methyl sites for hydroxylation is 1. The molecular weight excluding hydrogens is 256 g/mol. The zero-order chi connectivity index (χ0) is 13.1. The Hall–Kier alpha value is -0.430. The van der Waals surface area contributed by atoms with Crippen LogP contribution in [0.15, 0.2) is 10.3 Å². The summed E-state index contributed by atoms with van der Waals surface area (Å²) < 4.78 is 27.2. The number of rotatable bonds is 6. The molecule has 6 heteroatoms. The number of thiophene rings is 1. The average molecular weight is 276 g/mol. The van der Waals surface area contributed by atoms with Crippen molar-refractivity contribution in [3.8, 4) is 0 Å². The van der Waals surface area contributed by atoms with Crippen LogP contribution in [0.4, 0.5) is 0 Å². The van der Waals surface area contributed by atoms with Crippen molar-refractivity contribution in [2.45, 2.75) is 44.0 Å². The first-order valence-corrected chi connectivity index (χ1v) is 7.97. The minimum atomic E-state index is -3.35. The number of hydrogen-bond donors (Lipinski definition) is 2. The van der Waals surface area contributed by atoms with E-state index in [1.54, 1.807) is 6.07 Å². The number of nitrogens with one attached hydrogen (secondary N) is 2. The lowest BCUT2D eigenvalue weighted by Gasteiger charge is -2.10. The third-order valence-electron chi connectivity index (χ3n) is 2.57. The van der Waals surface area contributed by atoms with Gasteiger partial charge in [0.2, 0.25) is 10.0 Å². The van der Waals surface area contributed by atoms with Crippen molar-refractivity contribution in [1.82, 2.24) is 10.0 Å². The second-order valence-electron chi connectivity index (χ2n) is 4.13. The van der Waals surface area contributed by atoms with Crippen molar-refractivity contribution in [3.05, 3.63) is 16.5 Å². The van der Waals surface area contributed by atoms with Gasteiger partial charge in [-0.2, -0.15) is 0 Å². The van der Waals surface area contributed by atoms with Gasteiger partial charge in [0.25, 0.3) is 0 Å². The minimum Gasteiger partial charge on any atom is -0.315 e. The SMILES string of the molecule is CCC(C)NS(=O)(=O)c1cc(C)c(CNC)s1. The van der Waals surface area contributed by atoms with Crippen LogP contribution in [-0.4, -0.2) is 21.5 Å². The molecule has 0 aliphatic carbocycles. The standard InChI is InChI=1S/C11H20N2O2S2/c1-5-9(3)13-17(14,15)11-6-8(2)10(16-11)7-12-4/h6,9,12-13H,5,7H2,1-4H3. The Morgan fingerprint density at radius 2 is 2.12 bits per heavy atom. The van der Waals surface area contributed by atoms with Crippen LogP contribution in [-0.2, 0) is 16.6 Å². The third kappa shape index (κ3) is 3.77. The van der Waals surface area contributed by atoms with E-state index in [0.717, 1.165) is 16.9 Å². The van der Waals surface area contributed by atoms with Crippen LogP contribution in [0.5, 0.6) is 0 Å². The highest BCUT2D eigenvalue weighted by Crippen LogP contribution is 2.26. The molecule has 1 aromatic heterocycles. The number of sulfonamides is 1. The molecule has 1 atom stereocenters. The first kappa shape index (κ1) is 14.6. The molecule has 0 saturated heterocycles. The minimum absolute atomic E-state index is 0.0323. The molecule has 17 heavy (non-hydrogen) atoms. The van der Waals surface area contributed by atoms with E-state index in [-0.39, 0.29) is 6.04 Å². The largest absolute Gasteiger partial charge is 0.315 e. The smallest absolute Gasteiger partial charge is 0.250 e. The van der Waals surface area contributed by atoms with Gasteiger partial charge < -0.3 is 5.32 Å². The topological polar surface area (TPSA) is 58.2 Å². The lowest BCUT2D eigenvalue weighted by atomic mass is 10.3. The zero-order valence-electron chi connectivity index (χ0n) is 10.7. The van der Waals surface area contributed by atoms with Crippen LogP contribution in [0.2, 0.25) is 0 Å². The highest BCUT2D eigenvalue weighted by Gasteiger charge is 2.20. The van der Waals surface area contributed by atoms with E-state index in [1.807, 2.05) is 27.8 Å². The van der Waals surface area contributed by atoms with Gasteiger partial charge in [0.05, 0.1) is 0 Å². The van der Waals surface area contributed by atoms with Gasteiger partial charge >= 0.3 is 0 Å². The molecule has 0 aliphatic rings. The van der Waals surface area contributed by atoms with Crippen molar-refractivity contribution < 1.29 is 8.42 Å². The lowest BCUT2D eigenvalue weighted by Crippen LogP contribution is -2.31. The molecule has 0 amide bonds. The third-order valence-corrected chi connectivity index (χ3v) is 5.87. The van der Waals surface area contributed by atoms with Crippen molar-refractivity contribution in [2.24, 2.45) is 0 Å². The first-order chi connectivity index (χ1) is 7.90. The molecule has 0 fully saturated rings. The highest BCUT2D eigenvalue weighted by atomic mass is 32.2. The molecular formula is C11H20N2O2S2. The Morgan fingerprint density at radius 3 is 2.65 bits per heavy atom. The summed E-state index contributed by atoms with van der Waals surface area (Å²) in [6, 6.07) is 1.71. The van der Waals surface area contributed by atoms with E-state index >= 15 is 0 Å². The molecule has 0 aromatic carbocycles. The van der Waals surface area contributed by atoms with Crippen LogP contribution in [0.25, 0.3) is 0 Å². The molecule has 0 saturated carbocycles. The van der Waals surface area contributed by atoms with Gasteiger partial charge in [0, 0.05) is 17.5 Å². The van der Waals surface area contributed by atoms with Crippen LogP contribution < -0.4 is 10.0 Å². The lowest BCUT2D eigenvalue weighted by molar-refractivity contribution is 0.558. The Bertz CT molecular complexity index is 466. The van der Waals surface area contributed by atoms with Crippen LogP contribution in [0.3, 0.4) is 0 Å². The zero-order valence-corrected chi connectivity index (χ0v) is 12.3. The Balaban J connectivity index is 2.95. The van der Waals surface area contributed by atoms with E-state index in [4.69, 9.17) is 0 Å². The summed E-state index contributed by atoms with van der Waals surface area (Å²) in [5.41, 5.74) is 1.02. The predicted octanol–water partition coefficient (Wildman–Crippen LogP) is 1.85. The molecule has 4 nitrogen and oxygen atoms in total. The molecule has 0 aliphatic heterocycles. The monoisotopic (exact) mass is 276 g/mol. The Morgan fingerprint density at radius 1 is 1.47 bits per heavy atom. The summed E-state index contributed by atoms with van der Waals surface area (Å²) in [7, 11) is -1.50. The maximum absolute atomic E-state index is 12.1. The van der Waals surface area contributed by atoms with E-state index in [9.17, 15) is 8.42 Å². The quantitative estimate of drug-likeness (QED) is 0.833. The molecule has 0 radical (unpaired) electrons. The van der Waals surface area contributed by atoms with Crippen LogP contribution >= 0.6 is 11.3 Å². The fourth-order valence-corrected chi connectivity index (χ4v) is 4.31. The molecule has 0 bridgehead atoms. The van der Waals surface area contributed by atoms with E-state index in [2.05, 4.69) is 10.0 Å². The summed E-state index contributed by atoms with van der Waals surface area (Å²) in [5, 5.41) is 3.04. The fourth-order valence-electron chi connectivity index (χ4n) is 1.36. The summed E-state index contributed by atoms with van der Waals surface area (Å²) in [6.45, 7) is 6.46. The summed E-state index contributed by atoms with van der Waals surface area (Å²) in [5.74, 6) is 0. The van der Waals surface area contributed by atoms with Gasteiger partial charge in [-0.1, -0.05) is 6.92 Å². The van der Waals surface area contributed by atoms with Crippen molar-refractivity contribution in [2.75, 3.05) is 7.05 Å². The Labute approximate surface area is 107 Å². The summed E-state index contributed by atoms with van der Waals surface area (Å²) in [6.07, 6.45) is 0.785. The normalized spacial score (nSPS) is 13.9. The van der Waals surface area contributed by atoms with Crippen LogP contribution in [0.1, 0.15) is 30.7 Å². The second kappa shape index (κ2) is 5.95. The number of hydrogen-bond acceptors (Lipinski definition) is 4. The predicted molar refractivity (Wildman–Crippen MR) is 71.9 cm³/mol. The van der Waals surface area contributed by atoms with Gasteiger partial charge in [0.1, 0.15) is 4.21 Å². The fraction of sp³-hybridized carbons (Fsp3) is 0.636. The Kier molecular flexibility index (Phi) is 5.12. The molecule has 1 aromatic rings. The second-order valence-corrected chi connectivity index (χ2v) is 7.21. The van der Waals surface area contributed by atoms with Gasteiger partial charge in [-0.25, -0.2) is 13.1 Å². The van der Waals surface area contributed by atoms with Crippen molar-refractivity contribution in [1.29, 1.82) is 0 Å². The average Bonchev–Trinajstić information content (AvgIpc) is 2.61. The maximum Gasteiger partial charge on any atom is 0.250 e. The molecule has 1 rings (SSSR count). The molecule has 2 N–H and O–H groups in total. The van der Waals surface area contributed by atoms with Gasteiger partial charge in [0.15, 0.2) is 0 Å². The highest BCUT2D eigenvalue weighted by molar-refractivity contribution is 7.91. The molecule has 98 valence electrons. The van der Waals surface area contributed by atoms with Gasteiger partial charge in [-0.15, -0.1) is 11.3 Å². The van der Waals surface area contributed by atoms with Crippen LogP contribution in [0, 0.1) is 6.92 Å². The molecule has 1 heterocycles. The molecule has 0 spiro atoms. The molecule has 1 unspecified atom stereocenters. The summed E-state index contributed by atoms with van der Waals surface area (Å²) >= 11 is 1.33. The van der Waals surface area contributed by atoms with Crippen molar-refractivity contribution in [3.63, 3.8) is 0 Å². The van der Waals surface area contributed by atoms with E-state index in [0.29, 0.717) is 10.8 Å². The van der Waals surface area contributed by atoms with E-state index in [1.165, 1.54) is 11.3 Å². The first-order valence-electron chi connectivity index (χ1n) is 5.67. The van der Waals surface area contributed by atoms with Gasteiger partial charge in [-0.05, 0) is 38.9 Å². The van der Waals surface area contributed by atoms with Gasteiger partial charge in [-0.3, -0.25) is 0 Å². The summed E-state index contributed by atoms with van der Waals surface area (Å²) in [4.78, 5) is 1.07. The van der Waals surface area contributed by atoms with E-state index < -0.39 is 10.0 Å². The van der Waals surface area contributed by atoms with Crippen molar-refractivity contribution >= 4 is 21.4 Å². The maximum atomic E-state index is 12.1.